The fraction of sp³-hybridized carbons (Fsp3) is 0.235. The van der Waals surface area contributed by atoms with Crippen LogP contribution in [-0.4, -0.2) is 17.7 Å². The van der Waals surface area contributed by atoms with E-state index >= 15 is 0 Å². The molecule has 0 aliphatic carbocycles. The number of ether oxygens (including phenoxy) is 1. The molecule has 0 atom stereocenters. The minimum atomic E-state index is -0.368. The van der Waals surface area contributed by atoms with Crippen LogP contribution in [0.2, 0.25) is 0 Å². The van der Waals surface area contributed by atoms with Crippen molar-refractivity contribution < 1.29 is 14.6 Å². The highest BCUT2D eigenvalue weighted by molar-refractivity contribution is 5.99. The second kappa shape index (κ2) is 7.36. The van der Waals surface area contributed by atoms with Crippen molar-refractivity contribution >= 4 is 17.4 Å². The molecule has 5 heteroatoms. The fourth-order valence-electron chi connectivity index (χ4n) is 1.98. The van der Waals surface area contributed by atoms with Gasteiger partial charge in [0.1, 0.15) is 11.5 Å². The van der Waals surface area contributed by atoms with E-state index in [1.807, 2.05) is 26.0 Å². The maximum Gasteiger partial charge on any atom is 0.323 e. The van der Waals surface area contributed by atoms with Crippen molar-refractivity contribution in [3.8, 4) is 11.5 Å². The number of nitrogens with one attached hydrogen (secondary N) is 2. The Hall–Kier alpha value is -2.69. The molecule has 0 spiro atoms. The van der Waals surface area contributed by atoms with Crippen molar-refractivity contribution in [2.45, 2.75) is 20.3 Å². The van der Waals surface area contributed by atoms with Crippen LogP contribution in [0.25, 0.3) is 0 Å². The first-order valence-corrected chi connectivity index (χ1v) is 7.18. The van der Waals surface area contributed by atoms with Crippen molar-refractivity contribution in [3.05, 3.63) is 48.0 Å². The zero-order chi connectivity index (χ0) is 15.9. The number of urea groups is 1. The third-order valence-corrected chi connectivity index (χ3v) is 2.91. The number of phenols is 1. The first-order chi connectivity index (χ1) is 10.6. The van der Waals surface area contributed by atoms with Crippen LogP contribution in [0.4, 0.5) is 16.2 Å². The van der Waals surface area contributed by atoms with Crippen LogP contribution >= 0.6 is 0 Å². The summed E-state index contributed by atoms with van der Waals surface area (Å²) in [6.07, 6.45) is 0.950. The number of hydrogen-bond acceptors (Lipinski definition) is 3. The molecule has 0 unspecified atom stereocenters. The fourth-order valence-corrected chi connectivity index (χ4v) is 1.98. The van der Waals surface area contributed by atoms with Crippen LogP contribution in [-0.2, 0) is 0 Å². The Morgan fingerprint density at radius 2 is 1.77 bits per heavy atom. The molecule has 3 N–H and O–H groups in total. The highest BCUT2D eigenvalue weighted by atomic mass is 16.5. The number of aromatic hydroxyl groups is 1. The van der Waals surface area contributed by atoms with Gasteiger partial charge in [0.2, 0.25) is 0 Å². The van der Waals surface area contributed by atoms with Crippen molar-refractivity contribution in [1.29, 1.82) is 0 Å². The highest BCUT2D eigenvalue weighted by Gasteiger charge is 2.04. The second-order valence-corrected chi connectivity index (χ2v) is 5.01. The molecule has 0 aromatic heterocycles. The van der Waals surface area contributed by atoms with Crippen LogP contribution in [0.15, 0.2) is 42.5 Å². The number of amides is 2. The van der Waals surface area contributed by atoms with E-state index in [1.54, 1.807) is 24.3 Å². The second-order valence-electron chi connectivity index (χ2n) is 5.01. The lowest BCUT2D eigenvalue weighted by molar-refractivity contribution is 0.262. The topological polar surface area (TPSA) is 70.6 Å². The Balaban J connectivity index is 1.93. The van der Waals surface area contributed by atoms with Gasteiger partial charge >= 0.3 is 6.03 Å². The molecule has 0 aliphatic heterocycles. The number of rotatable bonds is 5. The number of carbonyl (C=O) groups is 1. The molecule has 0 saturated carbocycles. The van der Waals surface area contributed by atoms with Gasteiger partial charge < -0.3 is 20.5 Å². The Morgan fingerprint density at radius 1 is 1.09 bits per heavy atom. The zero-order valence-corrected chi connectivity index (χ0v) is 12.7. The minimum absolute atomic E-state index is 0.118. The molecule has 0 aliphatic rings. The minimum Gasteiger partial charge on any atom is -0.508 e. The average Bonchev–Trinajstić information content (AvgIpc) is 2.45. The number of aryl methyl sites for hydroxylation is 1. The van der Waals surface area contributed by atoms with Gasteiger partial charge in [0.15, 0.2) is 0 Å². The van der Waals surface area contributed by atoms with E-state index in [0.29, 0.717) is 18.0 Å². The molecule has 0 bridgehead atoms. The normalized spacial score (nSPS) is 10.1. The third-order valence-electron chi connectivity index (χ3n) is 2.91. The van der Waals surface area contributed by atoms with Gasteiger partial charge in [-0.05, 0) is 55.3 Å². The quantitative estimate of drug-likeness (QED) is 0.777. The van der Waals surface area contributed by atoms with E-state index in [1.165, 1.54) is 6.07 Å². The third kappa shape index (κ3) is 4.70. The monoisotopic (exact) mass is 300 g/mol. The van der Waals surface area contributed by atoms with E-state index < -0.39 is 0 Å². The molecule has 0 saturated heterocycles. The molecule has 22 heavy (non-hydrogen) atoms. The Labute approximate surface area is 129 Å². The van der Waals surface area contributed by atoms with Crippen LogP contribution in [0.3, 0.4) is 0 Å². The van der Waals surface area contributed by atoms with Gasteiger partial charge in [0.25, 0.3) is 0 Å². The predicted molar refractivity (Wildman–Crippen MR) is 87.7 cm³/mol. The summed E-state index contributed by atoms with van der Waals surface area (Å²) in [4.78, 5) is 11.9. The van der Waals surface area contributed by atoms with Crippen LogP contribution in [0.5, 0.6) is 11.5 Å². The van der Waals surface area contributed by atoms with Crippen molar-refractivity contribution in [1.82, 2.24) is 0 Å². The molecular weight excluding hydrogens is 280 g/mol. The van der Waals surface area contributed by atoms with E-state index in [2.05, 4.69) is 10.6 Å². The highest BCUT2D eigenvalue weighted by Crippen LogP contribution is 2.20. The van der Waals surface area contributed by atoms with Gasteiger partial charge in [-0.2, -0.15) is 0 Å². The molecule has 2 aromatic carbocycles. The van der Waals surface area contributed by atoms with Crippen molar-refractivity contribution in [2.24, 2.45) is 0 Å². The molecule has 0 radical (unpaired) electrons. The number of carbonyl (C=O) groups excluding carboxylic acids is 1. The SMILES string of the molecule is CCCOc1ccc(NC(=O)Nc2cc(C)cc(O)c2)cc1. The molecular formula is C17H20N2O3. The molecule has 5 nitrogen and oxygen atoms in total. The number of anilines is 2. The van der Waals surface area contributed by atoms with Crippen molar-refractivity contribution in [3.63, 3.8) is 0 Å². The lowest BCUT2D eigenvalue weighted by Crippen LogP contribution is -2.19. The molecule has 0 fully saturated rings. The number of phenolic OH excluding ortho intramolecular Hbond substituents is 1. The lowest BCUT2D eigenvalue weighted by atomic mass is 10.2. The van der Waals surface area contributed by atoms with Crippen molar-refractivity contribution in [2.75, 3.05) is 17.2 Å². The van der Waals surface area contributed by atoms with Gasteiger partial charge in [0.05, 0.1) is 6.61 Å². The first-order valence-electron chi connectivity index (χ1n) is 7.18. The summed E-state index contributed by atoms with van der Waals surface area (Å²) in [6.45, 7) is 4.56. The molecule has 0 heterocycles. The first kappa shape index (κ1) is 15.7. The zero-order valence-electron chi connectivity index (χ0n) is 12.7. The van der Waals surface area contributed by atoms with Gasteiger partial charge in [-0.1, -0.05) is 6.92 Å². The largest absolute Gasteiger partial charge is 0.508 e. The smallest absolute Gasteiger partial charge is 0.323 e. The molecule has 2 rings (SSSR count). The summed E-state index contributed by atoms with van der Waals surface area (Å²) in [6, 6.07) is 11.7. The number of benzene rings is 2. The standard InChI is InChI=1S/C17H20N2O3/c1-3-8-22-16-6-4-13(5-7-16)18-17(21)19-14-9-12(2)10-15(20)11-14/h4-7,9-11,20H,3,8H2,1-2H3,(H2,18,19,21). The summed E-state index contributed by atoms with van der Waals surface area (Å²) in [7, 11) is 0. The Kier molecular flexibility index (Phi) is 5.25. The molecule has 116 valence electrons. The molecule has 2 aromatic rings. The summed E-state index contributed by atoms with van der Waals surface area (Å²) in [5, 5.41) is 14.9. The Morgan fingerprint density at radius 3 is 2.41 bits per heavy atom. The van der Waals surface area contributed by atoms with Crippen LogP contribution in [0.1, 0.15) is 18.9 Å². The van der Waals surface area contributed by atoms with Gasteiger partial charge in [-0.3, -0.25) is 0 Å². The van der Waals surface area contributed by atoms with Gasteiger partial charge in [-0.25, -0.2) is 4.79 Å². The average molecular weight is 300 g/mol. The van der Waals surface area contributed by atoms with Gasteiger partial charge in [-0.15, -0.1) is 0 Å². The summed E-state index contributed by atoms with van der Waals surface area (Å²) in [5.41, 5.74) is 2.07. The van der Waals surface area contributed by atoms with E-state index in [4.69, 9.17) is 4.74 Å². The van der Waals surface area contributed by atoms with Crippen LogP contribution in [0, 0.1) is 6.92 Å². The number of hydrogen-bond donors (Lipinski definition) is 3. The van der Waals surface area contributed by atoms with E-state index in [-0.39, 0.29) is 11.8 Å². The van der Waals surface area contributed by atoms with E-state index in [0.717, 1.165) is 17.7 Å². The maximum atomic E-state index is 11.9. The van der Waals surface area contributed by atoms with Gasteiger partial charge in [0, 0.05) is 17.4 Å². The summed E-state index contributed by atoms with van der Waals surface area (Å²) in [5.74, 6) is 0.893. The molecule has 2 amide bonds. The Bertz CT molecular complexity index is 619. The van der Waals surface area contributed by atoms with Crippen LogP contribution < -0.4 is 15.4 Å². The summed E-state index contributed by atoms with van der Waals surface area (Å²) >= 11 is 0. The maximum absolute atomic E-state index is 11.9. The lowest BCUT2D eigenvalue weighted by Gasteiger charge is -2.10. The predicted octanol–water partition coefficient (Wildman–Crippen LogP) is 4.13. The van der Waals surface area contributed by atoms with E-state index in [9.17, 15) is 9.90 Å². The summed E-state index contributed by atoms with van der Waals surface area (Å²) < 4.78 is 5.48.